The SMILES string of the molecule is [Al+3].[Al+3].[Al+3].[Ga+3].[Ga+3].[Ga+3].[N-3].[N-3].[N-3].[N-3].[N-3].[N-3].[N-3].[N-3].[Zn+2].[Zn+2].[Zn+2]. The summed E-state index contributed by atoms with van der Waals surface area (Å²) >= 11 is 0. The van der Waals surface area contributed by atoms with E-state index >= 15 is 0 Å². The van der Waals surface area contributed by atoms with Gasteiger partial charge in [-0.3, -0.25) is 0 Å². The van der Waals surface area contributed by atoms with Gasteiger partial charge in [0.2, 0.25) is 0 Å². The van der Waals surface area contributed by atoms with Gasteiger partial charge in [0.1, 0.15) is 0 Å². The van der Waals surface area contributed by atoms with Gasteiger partial charge >= 0.3 is 170 Å². The molecular formula is Al3Ga3N8Zn3. The second-order valence-corrected chi connectivity index (χ2v) is 0. The molecular weight excluding hydrogens is 598 g/mol. The fourth-order valence-corrected chi connectivity index (χ4v) is 0. The Labute approximate surface area is 215 Å². The first-order valence-corrected chi connectivity index (χ1v) is 0. The largest absolute Gasteiger partial charge is 3.00 e. The molecule has 0 atom stereocenters. The van der Waals surface area contributed by atoms with Crippen molar-refractivity contribution in [3.63, 3.8) is 0 Å². The third kappa shape index (κ3) is 299. The Kier molecular flexibility index (Phi) is 7450. The Bertz CT molecular complexity index is 31.2. The van der Waals surface area contributed by atoms with Crippen molar-refractivity contribution in [2.24, 2.45) is 0 Å². The molecule has 0 aliphatic rings. The summed E-state index contributed by atoms with van der Waals surface area (Å²) in [5.74, 6) is 0. The molecule has 64 valence electrons. The molecule has 0 saturated heterocycles. The van der Waals surface area contributed by atoms with E-state index < -0.39 is 0 Å². The predicted molar refractivity (Wildman–Crippen MR) is 61.4 cm³/mol. The molecule has 0 spiro atoms. The molecule has 17 heavy (non-hydrogen) atoms. The van der Waals surface area contributed by atoms with E-state index in [9.17, 15) is 0 Å². The van der Waals surface area contributed by atoms with Crippen LogP contribution in [0.15, 0.2) is 0 Å². The molecule has 0 aliphatic carbocycles. The molecule has 0 aromatic heterocycles. The second-order valence-electron chi connectivity index (χ2n) is 0. The van der Waals surface area contributed by atoms with E-state index in [2.05, 4.69) is 0 Å². The average Bonchev–Trinajstić information content (AvgIpc) is 0. The molecule has 0 radical (unpaired) electrons. The van der Waals surface area contributed by atoms with Crippen LogP contribution < -0.4 is 0 Å². The zero-order valence-electron chi connectivity index (χ0n) is 9.16. The van der Waals surface area contributed by atoms with Crippen LogP contribution in [-0.4, -0.2) is 111 Å². The normalized spacial score (nSPS) is 0. The van der Waals surface area contributed by atoms with Crippen LogP contribution in [0.3, 0.4) is 0 Å². The van der Waals surface area contributed by atoms with Crippen molar-refractivity contribution >= 4 is 111 Å². The Morgan fingerprint density at radius 2 is 0.235 bits per heavy atom. The van der Waals surface area contributed by atoms with Crippen LogP contribution in [-0.2, 0) is 58.4 Å². The molecule has 0 aliphatic heterocycles. The molecule has 0 N–H and O–H groups in total. The smallest absolute Gasteiger partial charge is 3.00 e. The molecule has 0 aromatic rings. The van der Waals surface area contributed by atoms with Crippen LogP contribution in [0.25, 0.3) is 49.2 Å². The number of hydrogen-bond donors (Lipinski definition) is 0. The molecule has 0 heterocycles. The summed E-state index contributed by atoms with van der Waals surface area (Å²) < 4.78 is 0. The average molecular weight is 598 g/mol. The van der Waals surface area contributed by atoms with Crippen LogP contribution in [0, 0.1) is 0 Å². The second kappa shape index (κ2) is 331. The van der Waals surface area contributed by atoms with Gasteiger partial charge in [-0.25, -0.2) is 0 Å². The Morgan fingerprint density at radius 1 is 0.235 bits per heavy atom. The van der Waals surface area contributed by atoms with Crippen molar-refractivity contribution in [2.45, 2.75) is 0 Å². The molecule has 0 saturated carbocycles. The number of hydrogen-bond acceptors (Lipinski definition) is 0. The first-order valence-electron chi connectivity index (χ1n) is 0. The van der Waals surface area contributed by atoms with Crippen LogP contribution in [0.1, 0.15) is 0 Å². The summed E-state index contributed by atoms with van der Waals surface area (Å²) in [7, 11) is 0. The summed E-state index contributed by atoms with van der Waals surface area (Å²) in [5, 5.41) is 0. The van der Waals surface area contributed by atoms with Gasteiger partial charge in [0.15, 0.2) is 0 Å². The quantitative estimate of drug-likeness (QED) is 0.335. The summed E-state index contributed by atoms with van der Waals surface area (Å²) in [4.78, 5) is 0. The van der Waals surface area contributed by atoms with Gasteiger partial charge in [-0.2, -0.15) is 0 Å². The zero-order chi connectivity index (χ0) is 0. The molecule has 0 bridgehead atoms. The topological polar surface area (TPSA) is 244 Å². The maximum absolute atomic E-state index is 0. The molecule has 8 nitrogen and oxygen atoms in total. The van der Waals surface area contributed by atoms with Gasteiger partial charge in [-0.15, -0.1) is 0 Å². The van der Waals surface area contributed by atoms with E-state index in [1.165, 1.54) is 0 Å². The fourth-order valence-electron chi connectivity index (χ4n) is 0. The van der Waals surface area contributed by atoms with E-state index in [0.717, 1.165) is 0 Å². The first kappa shape index (κ1) is 382. The zero-order valence-corrected chi connectivity index (χ0v) is 28.8. The number of rotatable bonds is 0. The number of nitrogens with zero attached hydrogens (tertiary/aromatic N) is 8. The summed E-state index contributed by atoms with van der Waals surface area (Å²) in [5.41, 5.74) is 0. The van der Waals surface area contributed by atoms with E-state index in [0.29, 0.717) is 0 Å². The molecule has 0 rings (SSSR count). The third-order valence-electron chi connectivity index (χ3n) is 0. The molecule has 0 unspecified atom stereocenters. The van der Waals surface area contributed by atoms with Crippen molar-refractivity contribution < 1.29 is 58.4 Å². The van der Waals surface area contributed by atoms with Gasteiger partial charge in [0, 0.05) is 0 Å². The Hall–Kier alpha value is 5.06. The Balaban J connectivity index is 0. The van der Waals surface area contributed by atoms with Crippen LogP contribution in [0.2, 0.25) is 0 Å². The fraction of sp³-hybridized carbons (Fsp3) is 0. The van der Waals surface area contributed by atoms with Gasteiger partial charge < -0.3 is 49.2 Å². The summed E-state index contributed by atoms with van der Waals surface area (Å²) in [6.07, 6.45) is 0. The first-order chi connectivity index (χ1) is 0. The van der Waals surface area contributed by atoms with E-state index in [1.54, 1.807) is 0 Å². The van der Waals surface area contributed by atoms with Gasteiger partial charge in [-0.1, -0.05) is 0 Å². The minimum Gasteiger partial charge on any atom is -3.00 e. The van der Waals surface area contributed by atoms with Crippen molar-refractivity contribution in [1.82, 2.24) is 0 Å². The van der Waals surface area contributed by atoms with Crippen molar-refractivity contribution in [3.05, 3.63) is 49.2 Å². The molecule has 17 heteroatoms. The van der Waals surface area contributed by atoms with Crippen molar-refractivity contribution in [2.75, 3.05) is 0 Å². The standard InChI is InChI=1S/3Al.3Ga.8N.3Zn/q6*+3;8*-3;3*+2. The van der Waals surface area contributed by atoms with Gasteiger partial charge in [0.05, 0.1) is 0 Å². The summed E-state index contributed by atoms with van der Waals surface area (Å²) in [6, 6.07) is 0. The van der Waals surface area contributed by atoms with Crippen LogP contribution >= 0.6 is 0 Å². The van der Waals surface area contributed by atoms with Gasteiger partial charge in [-0.05, 0) is 0 Å². The summed E-state index contributed by atoms with van der Waals surface area (Å²) in [6.45, 7) is 0. The monoisotopic (exact) mass is 592 g/mol. The molecule has 0 fully saturated rings. The van der Waals surface area contributed by atoms with E-state index in [4.69, 9.17) is 0 Å². The third-order valence-corrected chi connectivity index (χ3v) is 0. The minimum absolute atomic E-state index is 0. The van der Waals surface area contributed by atoms with Crippen molar-refractivity contribution in [1.29, 1.82) is 0 Å². The Morgan fingerprint density at radius 3 is 0.235 bits per heavy atom. The maximum atomic E-state index is 0. The van der Waals surface area contributed by atoms with Crippen LogP contribution in [0.4, 0.5) is 0 Å². The van der Waals surface area contributed by atoms with E-state index in [1.807, 2.05) is 0 Å². The minimum atomic E-state index is 0. The van der Waals surface area contributed by atoms with Gasteiger partial charge in [0.25, 0.3) is 0 Å². The van der Waals surface area contributed by atoms with E-state index in [-0.39, 0.29) is 219 Å². The molecule has 0 aromatic carbocycles. The predicted octanol–water partition coefficient (Wildman–Crippen LogP) is 0.0173. The van der Waals surface area contributed by atoms with Crippen molar-refractivity contribution in [3.8, 4) is 0 Å². The maximum Gasteiger partial charge on any atom is 3.00 e. The molecule has 0 amide bonds. The van der Waals surface area contributed by atoms with Crippen LogP contribution in [0.5, 0.6) is 0 Å².